The van der Waals surface area contributed by atoms with E-state index < -0.39 is 0 Å². The first-order chi connectivity index (χ1) is 14.0. The van der Waals surface area contributed by atoms with Crippen LogP contribution in [-0.4, -0.2) is 28.9 Å². The van der Waals surface area contributed by atoms with E-state index in [0.29, 0.717) is 18.1 Å². The summed E-state index contributed by atoms with van der Waals surface area (Å²) in [4.78, 5) is 8.96. The van der Waals surface area contributed by atoms with Crippen LogP contribution in [0, 0.1) is 0 Å². The number of allylic oxidation sites excluding steroid dienone is 6. The molecular weight excluding hydrogens is 360 g/mol. The Kier molecular flexibility index (Phi) is 8.38. The Morgan fingerprint density at radius 2 is 2.14 bits per heavy atom. The number of amidine groups is 1. The molecule has 0 atom stereocenters. The Hall–Kier alpha value is -3.67. The van der Waals surface area contributed by atoms with Gasteiger partial charge in [-0.2, -0.15) is 5.10 Å². The van der Waals surface area contributed by atoms with Gasteiger partial charge in [0.2, 0.25) is 0 Å². The zero-order valence-corrected chi connectivity index (χ0v) is 17.2. The summed E-state index contributed by atoms with van der Waals surface area (Å²) in [6, 6.07) is 0. The van der Waals surface area contributed by atoms with E-state index in [1.165, 1.54) is 0 Å². The van der Waals surface area contributed by atoms with Crippen LogP contribution in [0.2, 0.25) is 0 Å². The summed E-state index contributed by atoms with van der Waals surface area (Å²) < 4.78 is 0. The Morgan fingerprint density at radius 3 is 2.90 bits per heavy atom. The number of nitrogens with zero attached hydrogens (tertiary/aromatic N) is 3. The van der Waals surface area contributed by atoms with Crippen LogP contribution in [0.15, 0.2) is 88.5 Å². The monoisotopic (exact) mass is 388 g/mol. The van der Waals surface area contributed by atoms with E-state index in [9.17, 15) is 0 Å². The van der Waals surface area contributed by atoms with Crippen molar-refractivity contribution in [3.8, 4) is 0 Å². The molecule has 6 heteroatoms. The first kappa shape index (κ1) is 21.6. The van der Waals surface area contributed by atoms with Crippen molar-refractivity contribution in [3.63, 3.8) is 0 Å². The summed E-state index contributed by atoms with van der Waals surface area (Å²) in [5.41, 5.74) is 3.55. The standard InChI is InChI=1S/C23H28N6/c1-6-11-25-23(20-9-8-17(3)13-18(4)24-12-10-20)27-16-26-19(5)14-21-15-28-29-22(21)7-2/h6-11,13-16,24,29H,3,5,12H2,1-2,4H3,(H,25,26,27)/b9-8-,11-6-,18-13?,20-10+,21-14-,22-7+. The Labute approximate surface area is 171 Å². The molecule has 6 nitrogen and oxygen atoms in total. The zero-order valence-electron chi connectivity index (χ0n) is 17.2. The van der Waals surface area contributed by atoms with Gasteiger partial charge in [-0.05, 0) is 38.5 Å². The number of aromatic nitrogens is 2. The van der Waals surface area contributed by atoms with Gasteiger partial charge >= 0.3 is 0 Å². The molecule has 3 N–H and O–H groups in total. The summed E-state index contributed by atoms with van der Waals surface area (Å²) in [5, 5.41) is 15.3. The smallest absolute Gasteiger partial charge is 0.160 e. The molecule has 1 aliphatic rings. The number of hydrogen-bond acceptors (Lipinski definition) is 3. The van der Waals surface area contributed by atoms with Crippen LogP contribution in [0.3, 0.4) is 0 Å². The second-order valence-corrected chi connectivity index (χ2v) is 6.31. The summed E-state index contributed by atoms with van der Waals surface area (Å²) in [7, 11) is 0. The van der Waals surface area contributed by atoms with Crippen molar-refractivity contribution in [1.29, 1.82) is 0 Å². The van der Waals surface area contributed by atoms with Crippen molar-refractivity contribution in [3.05, 3.63) is 89.0 Å². The molecule has 150 valence electrons. The van der Waals surface area contributed by atoms with Crippen molar-refractivity contribution in [1.82, 2.24) is 20.8 Å². The fourth-order valence-electron chi connectivity index (χ4n) is 2.51. The number of rotatable bonds is 5. The number of H-pyrrole nitrogens is 1. The third-order valence-corrected chi connectivity index (χ3v) is 3.94. The molecule has 0 spiro atoms. The zero-order chi connectivity index (χ0) is 21.1. The van der Waals surface area contributed by atoms with E-state index >= 15 is 0 Å². The number of aliphatic imine (C=N–C) groups is 2. The summed E-state index contributed by atoms with van der Waals surface area (Å²) in [6.07, 6.45) is 18.7. The minimum Gasteiger partial charge on any atom is -0.385 e. The van der Waals surface area contributed by atoms with Crippen LogP contribution in [0.25, 0.3) is 12.2 Å². The molecule has 0 bridgehead atoms. The third-order valence-electron chi connectivity index (χ3n) is 3.94. The van der Waals surface area contributed by atoms with Crippen LogP contribution in [0.4, 0.5) is 0 Å². The SMILES string of the molecule is C=C1C=C(C)NC/C=C(/C(N=CNC(=C)/C=c2/cn[nH]/c2=C/C)=N\C=C/C)\C=C/1. The van der Waals surface area contributed by atoms with Gasteiger partial charge in [0, 0.05) is 34.9 Å². The minimum atomic E-state index is 0.583. The highest BCUT2D eigenvalue weighted by Crippen LogP contribution is 2.09. The largest absolute Gasteiger partial charge is 0.385 e. The number of aromatic amines is 1. The van der Waals surface area contributed by atoms with Crippen molar-refractivity contribution < 1.29 is 0 Å². The average Bonchev–Trinajstić information content (AvgIpc) is 3.16. The fraction of sp³-hybridized carbons (Fsp3) is 0.174. The van der Waals surface area contributed by atoms with E-state index in [1.54, 1.807) is 18.7 Å². The van der Waals surface area contributed by atoms with E-state index in [1.807, 2.05) is 63.3 Å². The van der Waals surface area contributed by atoms with Crippen LogP contribution in [-0.2, 0) is 0 Å². The van der Waals surface area contributed by atoms with Crippen LogP contribution < -0.4 is 21.2 Å². The van der Waals surface area contributed by atoms with Gasteiger partial charge in [-0.25, -0.2) is 9.98 Å². The highest BCUT2D eigenvalue weighted by molar-refractivity contribution is 6.05. The minimum absolute atomic E-state index is 0.583. The summed E-state index contributed by atoms with van der Waals surface area (Å²) >= 11 is 0. The maximum Gasteiger partial charge on any atom is 0.160 e. The van der Waals surface area contributed by atoms with Gasteiger partial charge in [-0.1, -0.05) is 43.5 Å². The Morgan fingerprint density at radius 1 is 1.31 bits per heavy atom. The molecule has 1 aromatic heterocycles. The predicted molar refractivity (Wildman–Crippen MR) is 124 cm³/mol. The molecule has 0 saturated heterocycles. The quantitative estimate of drug-likeness (QED) is 0.536. The lowest BCUT2D eigenvalue weighted by atomic mass is 10.1. The molecule has 0 unspecified atom stereocenters. The van der Waals surface area contributed by atoms with Crippen molar-refractivity contribution in [2.24, 2.45) is 9.98 Å². The topological polar surface area (TPSA) is 77.5 Å². The molecule has 29 heavy (non-hydrogen) atoms. The van der Waals surface area contributed by atoms with E-state index in [2.05, 4.69) is 44.0 Å². The van der Waals surface area contributed by atoms with E-state index in [-0.39, 0.29) is 0 Å². The third kappa shape index (κ3) is 7.10. The first-order valence-electron chi connectivity index (χ1n) is 9.37. The summed E-state index contributed by atoms with van der Waals surface area (Å²) in [5.74, 6) is 0.583. The Bertz CT molecular complexity index is 1040. The van der Waals surface area contributed by atoms with Gasteiger partial charge in [-0.15, -0.1) is 0 Å². The molecule has 0 saturated carbocycles. The van der Waals surface area contributed by atoms with Crippen LogP contribution in [0.1, 0.15) is 20.8 Å². The summed E-state index contributed by atoms with van der Waals surface area (Å²) in [6.45, 7) is 14.6. The Balaban J connectivity index is 2.20. The van der Waals surface area contributed by atoms with E-state index in [0.717, 1.165) is 27.4 Å². The lowest BCUT2D eigenvalue weighted by molar-refractivity contribution is 0.903. The molecule has 0 fully saturated rings. The van der Waals surface area contributed by atoms with Gasteiger partial charge < -0.3 is 10.6 Å². The fourth-order valence-corrected chi connectivity index (χ4v) is 2.51. The van der Waals surface area contributed by atoms with E-state index in [4.69, 9.17) is 0 Å². The molecule has 0 aliphatic carbocycles. The molecule has 0 aromatic carbocycles. The highest BCUT2D eigenvalue weighted by Gasteiger charge is 2.03. The van der Waals surface area contributed by atoms with Gasteiger partial charge in [0.15, 0.2) is 5.84 Å². The lowest BCUT2D eigenvalue weighted by Crippen LogP contribution is -2.23. The molecule has 2 heterocycles. The maximum absolute atomic E-state index is 4.50. The maximum atomic E-state index is 4.50. The van der Waals surface area contributed by atoms with Crippen LogP contribution >= 0.6 is 0 Å². The van der Waals surface area contributed by atoms with Gasteiger partial charge in [0.25, 0.3) is 0 Å². The highest BCUT2D eigenvalue weighted by atomic mass is 15.1. The molecular formula is C23H28N6. The van der Waals surface area contributed by atoms with Crippen molar-refractivity contribution >= 4 is 24.3 Å². The second-order valence-electron chi connectivity index (χ2n) is 6.31. The van der Waals surface area contributed by atoms with Crippen LogP contribution in [0.5, 0.6) is 0 Å². The molecule has 1 aliphatic heterocycles. The normalized spacial score (nSPS) is 20.0. The molecule has 0 amide bonds. The average molecular weight is 389 g/mol. The van der Waals surface area contributed by atoms with Gasteiger partial charge in [0.05, 0.1) is 17.9 Å². The predicted octanol–water partition coefficient (Wildman–Crippen LogP) is 2.60. The molecule has 2 rings (SSSR count). The first-order valence-corrected chi connectivity index (χ1v) is 9.37. The molecule has 1 aromatic rings. The van der Waals surface area contributed by atoms with Gasteiger partial charge in [0.1, 0.15) is 0 Å². The number of nitrogens with one attached hydrogen (secondary N) is 3. The van der Waals surface area contributed by atoms with Gasteiger partial charge in [-0.3, -0.25) is 5.10 Å². The second kappa shape index (κ2) is 11.2. The van der Waals surface area contributed by atoms with Crippen molar-refractivity contribution in [2.45, 2.75) is 20.8 Å². The van der Waals surface area contributed by atoms with Crippen molar-refractivity contribution in [2.75, 3.05) is 6.54 Å². The lowest BCUT2D eigenvalue weighted by Gasteiger charge is -2.04. The molecule has 0 radical (unpaired) electrons. The number of hydrogen-bond donors (Lipinski definition) is 3.